The predicted octanol–water partition coefficient (Wildman–Crippen LogP) is -0.146. The molecule has 14 heteroatoms. The molecule has 0 bridgehead atoms. The molecule has 2 heterocycles. The third kappa shape index (κ3) is 9.16. The van der Waals surface area contributed by atoms with Crippen molar-refractivity contribution in [1.29, 1.82) is 0 Å². The first kappa shape index (κ1) is 31.8. The van der Waals surface area contributed by atoms with Crippen molar-refractivity contribution in [3.8, 4) is 0 Å². The summed E-state index contributed by atoms with van der Waals surface area (Å²) in [6.45, 7) is 3.84. The number of nitrogens with two attached hydrogens (primary N) is 2. The summed E-state index contributed by atoms with van der Waals surface area (Å²) in [5, 5.41) is 18.2. The lowest BCUT2D eigenvalue weighted by atomic mass is 10.0. The van der Waals surface area contributed by atoms with Crippen LogP contribution in [0.3, 0.4) is 0 Å². The van der Waals surface area contributed by atoms with Gasteiger partial charge in [0.1, 0.15) is 18.1 Å². The number of H-pyrrole nitrogens is 2. The molecule has 4 unspecified atom stereocenters. The van der Waals surface area contributed by atoms with Gasteiger partial charge in [-0.05, 0) is 30.4 Å². The van der Waals surface area contributed by atoms with Crippen molar-refractivity contribution in [3.63, 3.8) is 0 Å². The van der Waals surface area contributed by atoms with E-state index in [9.17, 15) is 29.1 Å². The molecule has 2 aromatic heterocycles. The highest BCUT2D eigenvalue weighted by Crippen LogP contribution is 2.19. The molecule has 1 aromatic carbocycles. The van der Waals surface area contributed by atoms with Crippen molar-refractivity contribution in [3.05, 3.63) is 54.2 Å². The number of aromatic nitrogens is 3. The van der Waals surface area contributed by atoms with Crippen LogP contribution in [-0.2, 0) is 36.8 Å². The van der Waals surface area contributed by atoms with Crippen molar-refractivity contribution in [2.75, 3.05) is 0 Å². The van der Waals surface area contributed by atoms with Gasteiger partial charge in [0, 0.05) is 48.3 Å². The first-order valence-electron chi connectivity index (χ1n) is 13.6. The summed E-state index contributed by atoms with van der Waals surface area (Å²) in [5.41, 5.74) is 13.3. The number of hydrogen-bond donors (Lipinski definition) is 8. The summed E-state index contributed by atoms with van der Waals surface area (Å²) in [5.74, 6) is -3.92. The number of nitrogens with one attached hydrogen (secondary N) is 5. The second-order valence-corrected chi connectivity index (χ2v) is 10.6. The molecule has 226 valence electrons. The van der Waals surface area contributed by atoms with Crippen molar-refractivity contribution >= 4 is 40.5 Å². The summed E-state index contributed by atoms with van der Waals surface area (Å²) in [7, 11) is 0. The van der Waals surface area contributed by atoms with Crippen LogP contribution in [0.25, 0.3) is 10.9 Å². The lowest BCUT2D eigenvalue weighted by molar-refractivity contribution is -0.142. The van der Waals surface area contributed by atoms with Crippen LogP contribution in [0.1, 0.15) is 44.4 Å². The van der Waals surface area contributed by atoms with Gasteiger partial charge in [0.15, 0.2) is 0 Å². The van der Waals surface area contributed by atoms with E-state index in [-0.39, 0.29) is 31.6 Å². The molecule has 0 saturated carbocycles. The molecule has 0 radical (unpaired) electrons. The number of fused-ring (bicyclic) bond motifs is 1. The highest BCUT2D eigenvalue weighted by Gasteiger charge is 2.31. The summed E-state index contributed by atoms with van der Waals surface area (Å²) in [6, 6.07) is 2.74. The molecule has 0 fully saturated rings. The van der Waals surface area contributed by atoms with Crippen LogP contribution in [0, 0.1) is 5.92 Å². The number of para-hydroxylation sites is 1. The first-order chi connectivity index (χ1) is 19.9. The molecule has 14 nitrogen and oxygen atoms in total. The molecule has 0 aliphatic carbocycles. The minimum Gasteiger partial charge on any atom is -0.480 e. The van der Waals surface area contributed by atoms with E-state index in [1.165, 1.54) is 12.5 Å². The SMILES string of the molecule is CC(C)CC(N)C(=O)NC(Cc1cnc[nH]1)C(=O)NC(Cc1c[nH]c2ccccc12)C(=O)NC(CCC(N)=O)C(=O)O. The second kappa shape index (κ2) is 14.8. The summed E-state index contributed by atoms with van der Waals surface area (Å²) in [4.78, 5) is 72.9. The van der Waals surface area contributed by atoms with Crippen molar-refractivity contribution in [1.82, 2.24) is 30.9 Å². The Morgan fingerprint density at radius 2 is 1.57 bits per heavy atom. The number of carboxylic acids is 1. The third-order valence-corrected chi connectivity index (χ3v) is 6.70. The van der Waals surface area contributed by atoms with Gasteiger partial charge in [0.2, 0.25) is 23.6 Å². The van der Waals surface area contributed by atoms with E-state index >= 15 is 0 Å². The Hall–Kier alpha value is -4.72. The smallest absolute Gasteiger partial charge is 0.326 e. The third-order valence-electron chi connectivity index (χ3n) is 6.70. The largest absolute Gasteiger partial charge is 0.480 e. The van der Waals surface area contributed by atoms with E-state index in [1.807, 2.05) is 38.1 Å². The second-order valence-electron chi connectivity index (χ2n) is 10.6. The van der Waals surface area contributed by atoms with E-state index < -0.39 is 53.8 Å². The molecule has 3 aromatic rings. The minimum atomic E-state index is -1.41. The standard InChI is InChI=1S/C28H38N8O6/c1-15(2)9-19(29)25(38)35-23(11-17-13-31-14-33-17)27(40)36-22(10-16-12-32-20-6-4-3-5-18(16)20)26(39)34-21(28(41)42)7-8-24(30)37/h3-6,12-15,19,21-23,32H,7-11,29H2,1-2H3,(H2,30,37)(H,31,33)(H,34,39)(H,35,38)(H,36,40)(H,41,42). The molecular weight excluding hydrogens is 544 g/mol. The quantitative estimate of drug-likeness (QED) is 0.113. The van der Waals surface area contributed by atoms with Gasteiger partial charge in [-0.25, -0.2) is 9.78 Å². The number of carbonyl (C=O) groups excluding carboxylic acids is 4. The molecule has 3 rings (SSSR count). The number of nitrogens with zero attached hydrogens (tertiary/aromatic N) is 1. The van der Waals surface area contributed by atoms with E-state index in [1.54, 1.807) is 6.20 Å². The Labute approximate surface area is 242 Å². The maximum atomic E-state index is 13.6. The van der Waals surface area contributed by atoms with Crippen LogP contribution in [0.4, 0.5) is 0 Å². The van der Waals surface area contributed by atoms with Crippen molar-refractivity contribution in [2.24, 2.45) is 17.4 Å². The maximum Gasteiger partial charge on any atom is 0.326 e. The zero-order valence-electron chi connectivity index (χ0n) is 23.6. The van der Waals surface area contributed by atoms with E-state index in [0.717, 1.165) is 10.9 Å². The number of rotatable bonds is 16. The minimum absolute atomic E-state index is 0.00132. The van der Waals surface area contributed by atoms with Crippen molar-refractivity contribution < 1.29 is 29.1 Å². The van der Waals surface area contributed by atoms with Gasteiger partial charge in [0.25, 0.3) is 0 Å². The van der Waals surface area contributed by atoms with Crippen molar-refractivity contribution in [2.45, 2.75) is 70.1 Å². The Bertz CT molecular complexity index is 1390. The lowest BCUT2D eigenvalue weighted by Gasteiger charge is -2.25. The molecule has 10 N–H and O–H groups in total. The van der Waals surface area contributed by atoms with E-state index in [2.05, 4.69) is 30.9 Å². The molecule has 4 atom stereocenters. The van der Waals surface area contributed by atoms with Gasteiger partial charge in [-0.2, -0.15) is 0 Å². The lowest BCUT2D eigenvalue weighted by Crippen LogP contribution is -2.58. The molecule has 4 amide bonds. The normalized spacial score (nSPS) is 14.1. The number of carboxylic acid groups (broad SMARTS) is 1. The monoisotopic (exact) mass is 582 g/mol. The highest BCUT2D eigenvalue weighted by atomic mass is 16.4. The Balaban J connectivity index is 1.87. The fourth-order valence-corrected chi connectivity index (χ4v) is 4.54. The Morgan fingerprint density at radius 3 is 2.19 bits per heavy atom. The van der Waals surface area contributed by atoms with Crippen LogP contribution >= 0.6 is 0 Å². The van der Waals surface area contributed by atoms with Gasteiger partial charge in [0.05, 0.1) is 12.4 Å². The van der Waals surface area contributed by atoms with E-state index in [4.69, 9.17) is 11.5 Å². The van der Waals surface area contributed by atoms with Crippen LogP contribution in [0.15, 0.2) is 43.0 Å². The van der Waals surface area contributed by atoms with E-state index in [0.29, 0.717) is 17.7 Å². The fraction of sp³-hybridized carbons (Fsp3) is 0.429. The molecule has 0 aliphatic heterocycles. The average Bonchev–Trinajstić information content (AvgIpc) is 3.59. The first-order valence-corrected chi connectivity index (χ1v) is 13.6. The number of imidazole rings is 1. The van der Waals surface area contributed by atoms with Gasteiger partial charge in [-0.3, -0.25) is 19.2 Å². The van der Waals surface area contributed by atoms with Gasteiger partial charge in [-0.15, -0.1) is 0 Å². The number of aliphatic carboxylic acids is 1. The summed E-state index contributed by atoms with van der Waals surface area (Å²) < 4.78 is 0. The number of hydrogen-bond acceptors (Lipinski definition) is 7. The van der Waals surface area contributed by atoms with Crippen LogP contribution < -0.4 is 27.4 Å². The zero-order valence-corrected chi connectivity index (χ0v) is 23.6. The topological polar surface area (TPSA) is 238 Å². The highest BCUT2D eigenvalue weighted by molar-refractivity contribution is 5.95. The fourth-order valence-electron chi connectivity index (χ4n) is 4.54. The average molecular weight is 583 g/mol. The maximum absolute atomic E-state index is 13.6. The number of primary amides is 1. The summed E-state index contributed by atoms with van der Waals surface area (Å²) >= 11 is 0. The van der Waals surface area contributed by atoms with Gasteiger partial charge in [-0.1, -0.05) is 32.0 Å². The Morgan fingerprint density at radius 1 is 0.929 bits per heavy atom. The molecule has 0 saturated heterocycles. The van der Waals surface area contributed by atoms with Crippen LogP contribution in [0.5, 0.6) is 0 Å². The zero-order chi connectivity index (χ0) is 30.8. The van der Waals surface area contributed by atoms with Crippen LogP contribution in [-0.4, -0.2) is 73.8 Å². The summed E-state index contributed by atoms with van der Waals surface area (Å²) in [6.07, 6.45) is 4.59. The van der Waals surface area contributed by atoms with Crippen LogP contribution in [0.2, 0.25) is 0 Å². The molecular formula is C28H38N8O6. The number of benzene rings is 1. The number of aromatic amines is 2. The predicted molar refractivity (Wildman–Crippen MR) is 154 cm³/mol. The van der Waals surface area contributed by atoms with Gasteiger partial charge >= 0.3 is 5.97 Å². The molecule has 0 spiro atoms. The Kier molecular flexibility index (Phi) is 11.2. The van der Waals surface area contributed by atoms with Gasteiger partial charge < -0.3 is 42.5 Å². The molecule has 42 heavy (non-hydrogen) atoms. The molecule has 0 aliphatic rings. The number of carbonyl (C=O) groups is 5. The number of amides is 4.